The molecular formula is C21H22F3N3O3. The molecule has 0 N–H and O–H groups in total. The molecule has 2 heterocycles. The summed E-state index contributed by atoms with van der Waals surface area (Å²) in [4.78, 5) is 19.9. The molecule has 30 heavy (non-hydrogen) atoms. The number of hydrogen-bond acceptors (Lipinski definition) is 5. The fraction of sp³-hybridized carbons (Fsp3) is 0.333. The lowest BCUT2D eigenvalue weighted by atomic mass is 10.2. The molecule has 0 atom stereocenters. The van der Waals surface area contributed by atoms with Crippen molar-refractivity contribution in [2.75, 3.05) is 45.3 Å². The van der Waals surface area contributed by atoms with E-state index in [1.165, 1.54) is 12.1 Å². The van der Waals surface area contributed by atoms with Gasteiger partial charge < -0.3 is 19.3 Å². The van der Waals surface area contributed by atoms with Crippen LogP contribution < -0.4 is 14.4 Å². The largest absolute Gasteiger partial charge is 0.493 e. The molecule has 0 unspecified atom stereocenters. The van der Waals surface area contributed by atoms with E-state index >= 15 is 0 Å². The first-order valence-corrected chi connectivity index (χ1v) is 9.29. The summed E-state index contributed by atoms with van der Waals surface area (Å²) in [5, 5.41) is 0. The van der Waals surface area contributed by atoms with Crippen LogP contribution in [0.15, 0.2) is 42.6 Å². The summed E-state index contributed by atoms with van der Waals surface area (Å²) in [7, 11) is 3.10. The van der Waals surface area contributed by atoms with E-state index < -0.39 is 11.7 Å². The average molecular weight is 421 g/mol. The van der Waals surface area contributed by atoms with Crippen LogP contribution in [0.1, 0.15) is 11.1 Å². The van der Waals surface area contributed by atoms with E-state index in [0.29, 0.717) is 43.5 Å². The van der Waals surface area contributed by atoms with E-state index in [-0.39, 0.29) is 5.91 Å². The topological polar surface area (TPSA) is 54.9 Å². The number of benzene rings is 1. The quantitative estimate of drug-likeness (QED) is 0.692. The zero-order chi connectivity index (χ0) is 21.7. The second kappa shape index (κ2) is 9.06. The van der Waals surface area contributed by atoms with Crippen molar-refractivity contribution >= 4 is 17.8 Å². The third-order valence-corrected chi connectivity index (χ3v) is 4.82. The smallest absolute Gasteiger partial charge is 0.417 e. The first-order chi connectivity index (χ1) is 14.3. The number of piperazine rings is 1. The van der Waals surface area contributed by atoms with Gasteiger partial charge in [0.05, 0.1) is 19.8 Å². The molecule has 160 valence electrons. The van der Waals surface area contributed by atoms with Gasteiger partial charge in [0.25, 0.3) is 0 Å². The molecule has 1 aliphatic heterocycles. The summed E-state index contributed by atoms with van der Waals surface area (Å²) in [5.41, 5.74) is 0.0222. The minimum absolute atomic E-state index is 0.134. The lowest BCUT2D eigenvalue weighted by Crippen LogP contribution is -2.48. The summed E-state index contributed by atoms with van der Waals surface area (Å²) in [6, 6.07) is 7.73. The Bertz CT molecular complexity index is 906. The van der Waals surface area contributed by atoms with Crippen molar-refractivity contribution in [3.63, 3.8) is 0 Å². The number of carbonyl (C=O) groups excluding carboxylic acids is 1. The van der Waals surface area contributed by atoms with Crippen LogP contribution in [0.4, 0.5) is 19.0 Å². The number of aromatic nitrogens is 1. The Kier molecular flexibility index (Phi) is 6.49. The molecule has 6 nitrogen and oxygen atoms in total. The number of ether oxygens (including phenoxy) is 2. The van der Waals surface area contributed by atoms with Gasteiger partial charge >= 0.3 is 6.18 Å². The number of hydrogen-bond donors (Lipinski definition) is 0. The highest BCUT2D eigenvalue weighted by Gasteiger charge is 2.31. The molecule has 1 aromatic carbocycles. The molecular weight excluding hydrogens is 399 g/mol. The fourth-order valence-corrected chi connectivity index (χ4v) is 3.13. The van der Waals surface area contributed by atoms with Gasteiger partial charge in [-0.3, -0.25) is 4.79 Å². The molecule has 1 saturated heterocycles. The number of methoxy groups -OCH3 is 2. The molecule has 1 fully saturated rings. The third-order valence-electron chi connectivity index (χ3n) is 4.82. The zero-order valence-corrected chi connectivity index (χ0v) is 16.6. The van der Waals surface area contributed by atoms with E-state index in [0.717, 1.165) is 17.8 Å². The zero-order valence-electron chi connectivity index (χ0n) is 16.6. The van der Waals surface area contributed by atoms with Gasteiger partial charge in [-0.15, -0.1) is 0 Å². The molecule has 1 aromatic heterocycles. The number of carbonyl (C=O) groups is 1. The standard InChI is InChI=1S/C21H22F3N3O3/c1-29-17-6-3-15(13-18(17)30-2)4-8-20(28)27-11-9-26(10-12-27)19-7-5-16(14-25-19)21(22,23)24/h3-8,13-14H,9-12H2,1-2H3/b8-4+. The maximum absolute atomic E-state index is 12.7. The third kappa shape index (κ3) is 5.03. The number of pyridine rings is 1. The highest BCUT2D eigenvalue weighted by Crippen LogP contribution is 2.30. The monoisotopic (exact) mass is 421 g/mol. The Balaban J connectivity index is 1.57. The van der Waals surface area contributed by atoms with Gasteiger partial charge in [0.15, 0.2) is 11.5 Å². The van der Waals surface area contributed by atoms with Gasteiger partial charge in [-0.1, -0.05) is 6.07 Å². The second-order valence-corrected chi connectivity index (χ2v) is 6.66. The van der Waals surface area contributed by atoms with Crippen LogP contribution in [0.5, 0.6) is 11.5 Å². The second-order valence-electron chi connectivity index (χ2n) is 6.66. The maximum Gasteiger partial charge on any atom is 0.417 e. The lowest BCUT2D eigenvalue weighted by molar-refractivity contribution is -0.137. The van der Waals surface area contributed by atoms with E-state index in [1.807, 2.05) is 11.0 Å². The molecule has 0 bridgehead atoms. The lowest BCUT2D eigenvalue weighted by Gasteiger charge is -2.35. The highest BCUT2D eigenvalue weighted by atomic mass is 19.4. The Morgan fingerprint density at radius 1 is 1.03 bits per heavy atom. The maximum atomic E-state index is 12.7. The van der Waals surface area contributed by atoms with E-state index in [4.69, 9.17) is 9.47 Å². The first-order valence-electron chi connectivity index (χ1n) is 9.29. The first kappa shape index (κ1) is 21.5. The predicted octanol–water partition coefficient (Wildman–Crippen LogP) is 3.48. The van der Waals surface area contributed by atoms with Gasteiger partial charge in [0.1, 0.15) is 5.82 Å². The summed E-state index contributed by atoms with van der Waals surface area (Å²) in [6.45, 7) is 1.90. The molecule has 0 radical (unpaired) electrons. The van der Waals surface area contributed by atoms with Crippen molar-refractivity contribution in [2.24, 2.45) is 0 Å². The van der Waals surface area contributed by atoms with E-state index in [2.05, 4.69) is 4.98 Å². The number of anilines is 1. The van der Waals surface area contributed by atoms with Gasteiger partial charge in [-0.05, 0) is 35.9 Å². The van der Waals surface area contributed by atoms with Crippen molar-refractivity contribution in [3.8, 4) is 11.5 Å². The Morgan fingerprint density at radius 2 is 1.73 bits per heavy atom. The van der Waals surface area contributed by atoms with E-state index in [1.54, 1.807) is 37.3 Å². The van der Waals surface area contributed by atoms with Gasteiger partial charge in [-0.25, -0.2) is 4.98 Å². The van der Waals surface area contributed by atoms with Crippen LogP contribution in [-0.4, -0.2) is 56.2 Å². The fourth-order valence-electron chi connectivity index (χ4n) is 3.13. The van der Waals surface area contributed by atoms with Gasteiger partial charge in [0, 0.05) is 38.5 Å². The normalized spacial score (nSPS) is 14.8. The molecule has 0 aliphatic carbocycles. The van der Waals surface area contributed by atoms with Gasteiger partial charge in [0.2, 0.25) is 5.91 Å². The molecule has 0 saturated carbocycles. The summed E-state index contributed by atoms with van der Waals surface area (Å²) in [6.07, 6.45) is -0.378. The minimum Gasteiger partial charge on any atom is -0.493 e. The van der Waals surface area contributed by atoms with Crippen molar-refractivity contribution in [1.29, 1.82) is 0 Å². The Hall–Kier alpha value is -3.23. The molecule has 3 rings (SSSR count). The Morgan fingerprint density at radius 3 is 2.30 bits per heavy atom. The SMILES string of the molecule is COc1ccc(/C=C/C(=O)N2CCN(c3ccc(C(F)(F)F)cn3)CC2)cc1OC. The van der Waals surface area contributed by atoms with E-state index in [9.17, 15) is 18.0 Å². The average Bonchev–Trinajstić information content (AvgIpc) is 2.76. The van der Waals surface area contributed by atoms with Crippen LogP contribution in [0.25, 0.3) is 6.08 Å². The van der Waals surface area contributed by atoms with Crippen LogP contribution in [-0.2, 0) is 11.0 Å². The summed E-state index contributed by atoms with van der Waals surface area (Å²) >= 11 is 0. The van der Waals surface area contributed by atoms with Crippen LogP contribution >= 0.6 is 0 Å². The van der Waals surface area contributed by atoms with Crippen LogP contribution in [0, 0.1) is 0 Å². The van der Waals surface area contributed by atoms with Gasteiger partial charge in [-0.2, -0.15) is 13.2 Å². The van der Waals surface area contributed by atoms with Crippen molar-refractivity contribution in [1.82, 2.24) is 9.88 Å². The predicted molar refractivity (Wildman–Crippen MR) is 107 cm³/mol. The Labute approximate surface area is 172 Å². The number of alkyl halides is 3. The summed E-state index contributed by atoms with van der Waals surface area (Å²) < 4.78 is 48.4. The molecule has 9 heteroatoms. The van der Waals surface area contributed by atoms with Crippen molar-refractivity contribution in [2.45, 2.75) is 6.18 Å². The number of rotatable bonds is 5. The molecule has 1 amide bonds. The minimum atomic E-state index is -4.41. The summed E-state index contributed by atoms with van der Waals surface area (Å²) in [5.74, 6) is 1.51. The van der Waals surface area contributed by atoms with Crippen LogP contribution in [0.3, 0.4) is 0 Å². The molecule has 1 aliphatic rings. The highest BCUT2D eigenvalue weighted by molar-refractivity contribution is 5.92. The van der Waals surface area contributed by atoms with Crippen molar-refractivity contribution in [3.05, 3.63) is 53.7 Å². The van der Waals surface area contributed by atoms with Crippen molar-refractivity contribution < 1.29 is 27.4 Å². The number of nitrogens with zero attached hydrogens (tertiary/aromatic N) is 3. The number of halogens is 3. The molecule has 2 aromatic rings. The molecule has 0 spiro atoms. The number of amides is 1. The van der Waals surface area contributed by atoms with Crippen LogP contribution in [0.2, 0.25) is 0 Å².